The topological polar surface area (TPSA) is 47.3 Å². The lowest BCUT2D eigenvalue weighted by Gasteiger charge is -2.16. The number of benzene rings is 1. The normalized spacial score (nSPS) is 12.3. The minimum absolute atomic E-state index is 0.246. The van der Waals surface area contributed by atoms with Crippen molar-refractivity contribution in [2.45, 2.75) is 70.8 Å². The largest absolute Gasteiger partial charge is 0.497 e. The van der Waals surface area contributed by atoms with Crippen molar-refractivity contribution in [1.82, 2.24) is 5.43 Å². The Morgan fingerprint density at radius 1 is 0.952 bits per heavy atom. The van der Waals surface area contributed by atoms with E-state index in [1.165, 1.54) is 56.9 Å². The minimum atomic E-state index is 0.246. The Hall–Kier alpha value is -1.06. The average Bonchev–Trinajstić information content (AvgIpc) is 2.54. The summed E-state index contributed by atoms with van der Waals surface area (Å²) in [5.41, 5.74) is 4.17. The van der Waals surface area contributed by atoms with Crippen LogP contribution in [0.1, 0.15) is 76.3 Å². The molecule has 1 aromatic carbocycles. The molecule has 1 unspecified atom stereocenters. The van der Waals surface area contributed by atoms with Crippen molar-refractivity contribution in [2.75, 3.05) is 7.11 Å². The van der Waals surface area contributed by atoms with Crippen molar-refractivity contribution in [3.8, 4) is 5.75 Å². The van der Waals surface area contributed by atoms with Crippen molar-refractivity contribution in [3.05, 3.63) is 29.8 Å². The summed E-state index contributed by atoms with van der Waals surface area (Å²) in [7, 11) is 1.69. The summed E-state index contributed by atoms with van der Waals surface area (Å²) in [4.78, 5) is 0. The van der Waals surface area contributed by atoms with Gasteiger partial charge in [-0.3, -0.25) is 11.3 Å². The monoisotopic (exact) mass is 292 g/mol. The molecule has 3 N–H and O–H groups in total. The van der Waals surface area contributed by atoms with E-state index < -0.39 is 0 Å². The molecule has 0 spiro atoms. The first-order valence-corrected chi connectivity index (χ1v) is 8.42. The number of hydrogen-bond acceptors (Lipinski definition) is 3. The Morgan fingerprint density at radius 3 is 2.05 bits per heavy atom. The SMILES string of the molecule is CCCCCCCCCCC(NN)c1ccc(OC)cc1. The smallest absolute Gasteiger partial charge is 0.118 e. The van der Waals surface area contributed by atoms with Crippen LogP contribution < -0.4 is 16.0 Å². The van der Waals surface area contributed by atoms with Gasteiger partial charge < -0.3 is 4.74 Å². The van der Waals surface area contributed by atoms with E-state index in [-0.39, 0.29) is 6.04 Å². The molecule has 0 amide bonds. The zero-order valence-electron chi connectivity index (χ0n) is 13.7. The summed E-state index contributed by atoms with van der Waals surface area (Å²) in [6.07, 6.45) is 11.9. The van der Waals surface area contributed by atoms with Crippen LogP contribution in [0.25, 0.3) is 0 Å². The average molecular weight is 292 g/mol. The summed E-state index contributed by atoms with van der Waals surface area (Å²) in [6.45, 7) is 2.26. The van der Waals surface area contributed by atoms with Gasteiger partial charge in [-0.1, -0.05) is 70.4 Å². The number of nitrogens with two attached hydrogens (primary N) is 1. The van der Waals surface area contributed by atoms with Crippen molar-refractivity contribution < 1.29 is 4.74 Å². The van der Waals surface area contributed by atoms with E-state index in [9.17, 15) is 0 Å². The summed E-state index contributed by atoms with van der Waals surface area (Å²) in [5.74, 6) is 6.58. The fourth-order valence-corrected chi connectivity index (χ4v) is 2.66. The molecule has 0 saturated carbocycles. The molecule has 21 heavy (non-hydrogen) atoms. The van der Waals surface area contributed by atoms with Gasteiger partial charge in [-0.15, -0.1) is 0 Å². The molecule has 0 aromatic heterocycles. The number of rotatable bonds is 12. The lowest BCUT2D eigenvalue weighted by Crippen LogP contribution is -2.27. The molecule has 0 aliphatic carbocycles. The minimum Gasteiger partial charge on any atom is -0.497 e. The Balaban J connectivity index is 2.18. The predicted octanol–water partition coefficient (Wildman–Crippen LogP) is 4.73. The highest BCUT2D eigenvalue weighted by molar-refractivity contribution is 5.28. The molecule has 0 radical (unpaired) electrons. The van der Waals surface area contributed by atoms with Crippen molar-refractivity contribution >= 4 is 0 Å². The number of hydrazine groups is 1. The van der Waals surface area contributed by atoms with Crippen molar-refractivity contribution in [3.63, 3.8) is 0 Å². The standard InChI is InChI=1S/C18H32N2O/c1-3-4-5-6-7-8-9-10-11-18(20-19)16-12-14-17(21-2)15-13-16/h12-15,18,20H,3-11,19H2,1-2H3. The zero-order chi connectivity index (χ0) is 15.3. The van der Waals surface area contributed by atoms with Gasteiger partial charge in [-0.25, -0.2) is 0 Å². The van der Waals surface area contributed by atoms with Crippen LogP contribution in [0.2, 0.25) is 0 Å². The Kier molecular flexibility index (Phi) is 9.92. The summed E-state index contributed by atoms with van der Waals surface area (Å²) >= 11 is 0. The van der Waals surface area contributed by atoms with Gasteiger partial charge in [-0.2, -0.15) is 0 Å². The molecule has 0 bridgehead atoms. The van der Waals surface area contributed by atoms with E-state index in [0.717, 1.165) is 12.2 Å². The maximum Gasteiger partial charge on any atom is 0.118 e. The fourth-order valence-electron chi connectivity index (χ4n) is 2.66. The van der Waals surface area contributed by atoms with Gasteiger partial charge >= 0.3 is 0 Å². The van der Waals surface area contributed by atoms with Crippen LogP contribution in [0.5, 0.6) is 5.75 Å². The van der Waals surface area contributed by atoms with Gasteiger partial charge in [0.05, 0.1) is 7.11 Å². The van der Waals surface area contributed by atoms with Gasteiger partial charge in [0.15, 0.2) is 0 Å². The van der Waals surface area contributed by atoms with Gasteiger partial charge in [-0.05, 0) is 24.1 Å². The molecule has 0 aliphatic heterocycles. The lowest BCUT2D eigenvalue weighted by molar-refractivity contribution is 0.414. The molecule has 0 fully saturated rings. The first kappa shape index (κ1) is 18.0. The number of hydrogen-bond donors (Lipinski definition) is 2. The molecule has 1 atom stereocenters. The van der Waals surface area contributed by atoms with Gasteiger partial charge in [0.25, 0.3) is 0 Å². The second-order valence-corrected chi connectivity index (χ2v) is 5.76. The Bertz CT molecular complexity index is 351. The molecule has 0 heterocycles. The van der Waals surface area contributed by atoms with Crippen LogP contribution in [0.3, 0.4) is 0 Å². The van der Waals surface area contributed by atoms with Gasteiger partial charge in [0.1, 0.15) is 5.75 Å². The van der Waals surface area contributed by atoms with E-state index >= 15 is 0 Å². The number of unbranched alkanes of at least 4 members (excludes halogenated alkanes) is 7. The molecule has 0 saturated heterocycles. The number of methoxy groups -OCH3 is 1. The number of ether oxygens (including phenoxy) is 1. The first-order valence-electron chi connectivity index (χ1n) is 8.42. The Morgan fingerprint density at radius 2 is 1.52 bits per heavy atom. The third kappa shape index (κ3) is 7.49. The molecule has 0 aliphatic rings. The van der Waals surface area contributed by atoms with E-state index in [1.54, 1.807) is 7.11 Å². The maximum atomic E-state index is 5.69. The zero-order valence-corrected chi connectivity index (χ0v) is 13.7. The van der Waals surface area contributed by atoms with Crippen LogP contribution in [0, 0.1) is 0 Å². The van der Waals surface area contributed by atoms with E-state index in [4.69, 9.17) is 10.6 Å². The fraction of sp³-hybridized carbons (Fsp3) is 0.667. The summed E-state index contributed by atoms with van der Waals surface area (Å²) in [6, 6.07) is 8.42. The highest BCUT2D eigenvalue weighted by Crippen LogP contribution is 2.22. The van der Waals surface area contributed by atoms with Crippen molar-refractivity contribution in [2.24, 2.45) is 5.84 Å². The molecule has 1 aromatic rings. The maximum absolute atomic E-state index is 5.69. The molecular weight excluding hydrogens is 260 g/mol. The summed E-state index contributed by atoms with van der Waals surface area (Å²) < 4.78 is 5.18. The van der Waals surface area contributed by atoms with Crippen molar-refractivity contribution in [1.29, 1.82) is 0 Å². The lowest BCUT2D eigenvalue weighted by atomic mass is 10.00. The molecule has 1 rings (SSSR count). The highest BCUT2D eigenvalue weighted by Gasteiger charge is 2.09. The predicted molar refractivity (Wildman–Crippen MR) is 90.3 cm³/mol. The molecule has 3 heteroatoms. The third-order valence-corrected chi connectivity index (χ3v) is 4.07. The number of nitrogens with one attached hydrogen (secondary N) is 1. The van der Waals surface area contributed by atoms with Crippen LogP contribution in [-0.4, -0.2) is 7.11 Å². The van der Waals surface area contributed by atoms with E-state index in [0.29, 0.717) is 0 Å². The Labute approximate surface area is 130 Å². The third-order valence-electron chi connectivity index (χ3n) is 4.07. The highest BCUT2D eigenvalue weighted by atomic mass is 16.5. The van der Waals surface area contributed by atoms with Crippen LogP contribution in [0.15, 0.2) is 24.3 Å². The van der Waals surface area contributed by atoms with Crippen LogP contribution in [-0.2, 0) is 0 Å². The van der Waals surface area contributed by atoms with E-state index in [1.807, 2.05) is 12.1 Å². The molecule has 120 valence electrons. The second-order valence-electron chi connectivity index (χ2n) is 5.76. The molecule has 3 nitrogen and oxygen atoms in total. The van der Waals surface area contributed by atoms with Gasteiger partial charge in [0, 0.05) is 6.04 Å². The second kappa shape index (κ2) is 11.6. The van der Waals surface area contributed by atoms with Crippen LogP contribution in [0.4, 0.5) is 0 Å². The van der Waals surface area contributed by atoms with E-state index in [2.05, 4.69) is 24.5 Å². The van der Waals surface area contributed by atoms with Crippen LogP contribution >= 0.6 is 0 Å². The quantitative estimate of drug-likeness (QED) is 0.332. The first-order chi connectivity index (χ1) is 10.3. The van der Waals surface area contributed by atoms with Gasteiger partial charge in [0.2, 0.25) is 0 Å². The molecular formula is C18H32N2O. The summed E-state index contributed by atoms with van der Waals surface area (Å²) in [5, 5.41) is 0.